The number of ether oxygens (including phenoxy) is 1. The lowest BCUT2D eigenvalue weighted by atomic mass is 10.0. The molecule has 1 atom stereocenters. The van der Waals surface area contributed by atoms with Gasteiger partial charge < -0.3 is 19.9 Å². The minimum absolute atomic E-state index is 0.0579. The van der Waals surface area contributed by atoms with Gasteiger partial charge in [-0.05, 0) is 30.2 Å². The predicted octanol–water partition coefficient (Wildman–Crippen LogP) is 3.72. The smallest absolute Gasteiger partial charge is 0.346 e. The summed E-state index contributed by atoms with van der Waals surface area (Å²) in [7, 11) is 0. The maximum atomic E-state index is 13.1. The molecule has 2 heterocycles. The molecule has 0 aliphatic rings. The van der Waals surface area contributed by atoms with Crippen molar-refractivity contribution < 1.29 is 19.7 Å². The summed E-state index contributed by atoms with van der Waals surface area (Å²) in [6.45, 7) is 1.66. The van der Waals surface area contributed by atoms with Crippen LogP contribution in [0.2, 0.25) is 5.02 Å². The first-order chi connectivity index (χ1) is 15.3. The number of benzene rings is 2. The van der Waals surface area contributed by atoms with Crippen LogP contribution >= 0.6 is 22.9 Å². The number of aliphatic hydroxyl groups excluding tert-OH is 1. The molecule has 0 amide bonds. The van der Waals surface area contributed by atoms with Crippen LogP contribution in [-0.2, 0) is 6.61 Å². The molecule has 0 aliphatic carbocycles. The molecule has 32 heavy (non-hydrogen) atoms. The average molecular weight is 473 g/mol. The van der Waals surface area contributed by atoms with Gasteiger partial charge in [0.15, 0.2) is 0 Å². The van der Waals surface area contributed by atoms with Gasteiger partial charge in [-0.25, -0.2) is 14.2 Å². The molecule has 3 N–H and O–H groups in total. The van der Waals surface area contributed by atoms with Crippen molar-refractivity contribution in [2.75, 3.05) is 0 Å². The maximum absolute atomic E-state index is 13.1. The Balaban J connectivity index is 1.81. The minimum atomic E-state index is -1.26. The Bertz CT molecular complexity index is 1460. The quantitative estimate of drug-likeness (QED) is 0.393. The summed E-state index contributed by atoms with van der Waals surface area (Å²) in [6.07, 6.45) is -0.444. The number of aromatic nitrogens is 2. The topological polar surface area (TPSA) is 122 Å². The minimum Gasteiger partial charge on any atom is -0.486 e. The highest BCUT2D eigenvalue weighted by molar-refractivity contribution is 7.13. The van der Waals surface area contributed by atoms with Gasteiger partial charge in [0.25, 0.3) is 5.56 Å². The first-order valence-corrected chi connectivity index (χ1v) is 10.7. The number of aromatic carboxylic acids is 1. The average Bonchev–Trinajstić information content (AvgIpc) is 3.20. The molecule has 0 radical (unpaired) electrons. The van der Waals surface area contributed by atoms with Crippen molar-refractivity contribution >= 4 is 39.8 Å². The number of carboxylic acid groups (broad SMARTS) is 1. The Morgan fingerprint density at radius 2 is 2.00 bits per heavy atom. The van der Waals surface area contributed by atoms with Crippen molar-refractivity contribution in [3.63, 3.8) is 0 Å². The van der Waals surface area contributed by atoms with Crippen LogP contribution in [0.5, 0.6) is 5.75 Å². The fourth-order valence-corrected chi connectivity index (χ4v) is 4.52. The maximum Gasteiger partial charge on any atom is 0.346 e. The first-order valence-electron chi connectivity index (χ1n) is 9.47. The van der Waals surface area contributed by atoms with Gasteiger partial charge in [0.05, 0.1) is 28.2 Å². The summed E-state index contributed by atoms with van der Waals surface area (Å²) < 4.78 is 6.78. The molecule has 164 valence electrons. The number of nitrogens with zero attached hydrogens (tertiary/aromatic N) is 1. The number of hydrogen-bond acceptors (Lipinski definition) is 6. The highest BCUT2D eigenvalue weighted by Gasteiger charge is 2.21. The second kappa shape index (κ2) is 8.62. The number of aromatic amines is 1. The van der Waals surface area contributed by atoms with Gasteiger partial charge in [-0.2, -0.15) is 0 Å². The predicted molar refractivity (Wildman–Crippen MR) is 121 cm³/mol. The summed E-state index contributed by atoms with van der Waals surface area (Å²) in [4.78, 5) is 39.6. The van der Waals surface area contributed by atoms with E-state index in [0.29, 0.717) is 11.3 Å². The van der Waals surface area contributed by atoms with Crippen LogP contribution in [0, 0.1) is 0 Å². The summed E-state index contributed by atoms with van der Waals surface area (Å²) in [5.41, 5.74) is 0.160. The molecule has 10 heteroatoms. The second-order valence-electron chi connectivity index (χ2n) is 6.96. The standard InChI is InChI=1S/C22H17ClN2O6S/c1-11(14-5-3-2-4-12(14)9-26)31-13-6-7-15(23)17(8-13)25-20(27)18-16(24-22(25)30)10-32-19(18)21(28)29/h2-8,10-11,26H,9H2,1H3,(H,24,30)(H,28,29). The SMILES string of the molecule is CC(Oc1ccc(Cl)c(-n2c(=O)[nH]c3csc(C(=O)O)c3c2=O)c1)c1ccccc1CO. The van der Waals surface area contributed by atoms with E-state index < -0.39 is 23.3 Å². The number of hydrogen-bond donors (Lipinski definition) is 3. The van der Waals surface area contributed by atoms with E-state index in [2.05, 4.69) is 4.98 Å². The number of rotatable bonds is 6. The van der Waals surface area contributed by atoms with Crippen molar-refractivity contribution in [3.8, 4) is 11.4 Å². The van der Waals surface area contributed by atoms with Crippen LogP contribution in [0.4, 0.5) is 0 Å². The van der Waals surface area contributed by atoms with Crippen molar-refractivity contribution in [2.45, 2.75) is 19.6 Å². The van der Waals surface area contributed by atoms with Crippen molar-refractivity contribution in [1.29, 1.82) is 0 Å². The van der Waals surface area contributed by atoms with Gasteiger partial charge in [0, 0.05) is 11.4 Å². The lowest BCUT2D eigenvalue weighted by molar-refractivity contribution is 0.0704. The van der Waals surface area contributed by atoms with Gasteiger partial charge >= 0.3 is 11.7 Å². The third-order valence-corrected chi connectivity index (χ3v) is 6.27. The summed E-state index contributed by atoms with van der Waals surface area (Å²) in [6, 6.07) is 11.8. The number of H-pyrrole nitrogens is 1. The first kappa shape index (κ1) is 21.8. The molecule has 4 aromatic rings. The fraction of sp³-hybridized carbons (Fsp3) is 0.136. The van der Waals surface area contributed by atoms with Gasteiger partial charge in [-0.15, -0.1) is 11.3 Å². The zero-order valence-electron chi connectivity index (χ0n) is 16.7. The van der Waals surface area contributed by atoms with E-state index in [1.807, 2.05) is 18.2 Å². The number of aliphatic hydroxyl groups is 1. The summed E-state index contributed by atoms with van der Waals surface area (Å²) >= 11 is 7.14. The number of nitrogens with one attached hydrogen (secondary N) is 1. The van der Waals surface area contributed by atoms with E-state index in [4.69, 9.17) is 16.3 Å². The van der Waals surface area contributed by atoms with Crippen LogP contribution in [-0.4, -0.2) is 25.7 Å². The Kier molecular flexibility index (Phi) is 5.88. The van der Waals surface area contributed by atoms with Crippen LogP contribution in [0.15, 0.2) is 57.4 Å². The third kappa shape index (κ3) is 3.81. The number of carbonyl (C=O) groups is 1. The largest absolute Gasteiger partial charge is 0.486 e. The number of thiophene rings is 1. The Hall–Kier alpha value is -3.40. The van der Waals surface area contributed by atoms with E-state index in [9.17, 15) is 24.6 Å². The summed E-state index contributed by atoms with van der Waals surface area (Å²) in [5.74, 6) is -0.930. The molecular formula is C22H17ClN2O6S. The van der Waals surface area contributed by atoms with E-state index in [1.54, 1.807) is 19.1 Å². The van der Waals surface area contributed by atoms with Crippen molar-refractivity contribution in [2.24, 2.45) is 0 Å². The molecule has 0 aliphatic heterocycles. The molecule has 0 saturated carbocycles. The van der Waals surface area contributed by atoms with E-state index in [0.717, 1.165) is 21.5 Å². The number of carboxylic acids is 1. The molecule has 0 spiro atoms. The molecular weight excluding hydrogens is 456 g/mol. The second-order valence-corrected chi connectivity index (χ2v) is 8.25. The van der Waals surface area contributed by atoms with Gasteiger partial charge in [-0.1, -0.05) is 35.9 Å². The third-order valence-electron chi connectivity index (χ3n) is 4.98. The molecule has 0 bridgehead atoms. The zero-order chi connectivity index (χ0) is 23.0. The fourth-order valence-electron chi connectivity index (χ4n) is 3.49. The highest BCUT2D eigenvalue weighted by atomic mass is 35.5. The van der Waals surface area contributed by atoms with E-state index in [-0.39, 0.29) is 33.1 Å². The Morgan fingerprint density at radius 1 is 1.25 bits per heavy atom. The van der Waals surface area contributed by atoms with Crippen LogP contribution in [0.3, 0.4) is 0 Å². The zero-order valence-corrected chi connectivity index (χ0v) is 18.2. The number of fused-ring (bicyclic) bond motifs is 1. The summed E-state index contributed by atoms with van der Waals surface area (Å²) in [5, 5.41) is 20.4. The van der Waals surface area contributed by atoms with Crippen molar-refractivity contribution in [1.82, 2.24) is 9.55 Å². The van der Waals surface area contributed by atoms with Gasteiger partial charge in [0.2, 0.25) is 0 Å². The molecule has 4 rings (SSSR count). The van der Waals surface area contributed by atoms with Crippen LogP contribution < -0.4 is 16.0 Å². The lowest BCUT2D eigenvalue weighted by Crippen LogP contribution is -2.34. The molecule has 2 aromatic carbocycles. The lowest BCUT2D eigenvalue weighted by Gasteiger charge is -2.18. The van der Waals surface area contributed by atoms with Crippen LogP contribution in [0.1, 0.15) is 33.8 Å². The number of halogens is 1. The van der Waals surface area contributed by atoms with E-state index in [1.165, 1.54) is 17.5 Å². The monoisotopic (exact) mass is 472 g/mol. The van der Waals surface area contributed by atoms with Gasteiger partial charge in [0.1, 0.15) is 16.7 Å². The normalized spacial score (nSPS) is 12.1. The van der Waals surface area contributed by atoms with Crippen LogP contribution in [0.25, 0.3) is 16.6 Å². The van der Waals surface area contributed by atoms with Gasteiger partial charge in [-0.3, -0.25) is 4.79 Å². The Labute approximate surface area is 189 Å². The molecule has 2 aromatic heterocycles. The highest BCUT2D eigenvalue weighted by Crippen LogP contribution is 2.29. The molecule has 8 nitrogen and oxygen atoms in total. The van der Waals surface area contributed by atoms with E-state index >= 15 is 0 Å². The van der Waals surface area contributed by atoms with Crippen molar-refractivity contribution in [3.05, 3.63) is 89.7 Å². The molecule has 0 fully saturated rings. The Morgan fingerprint density at radius 3 is 2.72 bits per heavy atom. The molecule has 0 saturated heterocycles. The molecule has 1 unspecified atom stereocenters.